The Kier molecular flexibility index (Phi) is 6.07. The SMILES string of the molecule is NCc1ccc(CN(C[C@@H]2Cc3ncccc3CN2)[C@H]2CCCc3cccnc32)cc1. The van der Waals surface area contributed by atoms with Gasteiger partial charge in [-0.2, -0.15) is 0 Å². The summed E-state index contributed by atoms with van der Waals surface area (Å²) < 4.78 is 0. The number of aromatic nitrogens is 2. The summed E-state index contributed by atoms with van der Waals surface area (Å²) >= 11 is 0. The first kappa shape index (κ1) is 20.3. The third-order valence-electron chi connectivity index (χ3n) is 6.71. The number of rotatable bonds is 6. The number of aryl methyl sites for hydroxylation is 1. The Labute approximate surface area is 184 Å². The van der Waals surface area contributed by atoms with E-state index in [9.17, 15) is 0 Å². The van der Waals surface area contributed by atoms with Crippen molar-refractivity contribution < 1.29 is 0 Å². The fourth-order valence-corrected chi connectivity index (χ4v) is 5.05. The number of hydrogen-bond donors (Lipinski definition) is 2. The minimum atomic E-state index is 0.353. The Bertz CT molecular complexity index is 1020. The monoisotopic (exact) mass is 413 g/mol. The van der Waals surface area contributed by atoms with Crippen LogP contribution in [0.25, 0.3) is 0 Å². The Morgan fingerprint density at radius 2 is 1.74 bits per heavy atom. The molecule has 5 nitrogen and oxygen atoms in total. The molecule has 5 heteroatoms. The highest BCUT2D eigenvalue weighted by Crippen LogP contribution is 2.34. The largest absolute Gasteiger partial charge is 0.326 e. The van der Waals surface area contributed by atoms with Crippen molar-refractivity contribution in [3.63, 3.8) is 0 Å². The smallest absolute Gasteiger partial charge is 0.0607 e. The maximum absolute atomic E-state index is 5.80. The molecule has 0 radical (unpaired) electrons. The Hall–Kier alpha value is -2.60. The van der Waals surface area contributed by atoms with Gasteiger partial charge in [0.2, 0.25) is 0 Å². The van der Waals surface area contributed by atoms with E-state index in [-0.39, 0.29) is 0 Å². The normalized spacial score (nSPS) is 20.3. The summed E-state index contributed by atoms with van der Waals surface area (Å²) in [6, 6.07) is 18.0. The summed E-state index contributed by atoms with van der Waals surface area (Å²) in [5.41, 5.74) is 13.5. The van der Waals surface area contributed by atoms with Crippen LogP contribution in [0.15, 0.2) is 60.9 Å². The van der Waals surface area contributed by atoms with E-state index in [0.717, 1.165) is 38.9 Å². The molecule has 2 aromatic heterocycles. The second-order valence-electron chi connectivity index (χ2n) is 8.80. The Morgan fingerprint density at radius 1 is 0.968 bits per heavy atom. The second kappa shape index (κ2) is 9.27. The molecule has 5 rings (SSSR count). The van der Waals surface area contributed by atoms with Crippen molar-refractivity contribution >= 4 is 0 Å². The molecule has 3 heterocycles. The molecule has 3 N–H and O–H groups in total. The summed E-state index contributed by atoms with van der Waals surface area (Å²) in [5, 5.41) is 3.75. The van der Waals surface area contributed by atoms with Crippen LogP contribution >= 0.6 is 0 Å². The van der Waals surface area contributed by atoms with E-state index in [1.54, 1.807) is 0 Å². The van der Waals surface area contributed by atoms with E-state index < -0.39 is 0 Å². The van der Waals surface area contributed by atoms with Crippen molar-refractivity contribution in [2.45, 2.75) is 57.4 Å². The lowest BCUT2D eigenvalue weighted by atomic mass is 9.89. The van der Waals surface area contributed by atoms with Crippen molar-refractivity contribution in [1.29, 1.82) is 0 Å². The van der Waals surface area contributed by atoms with E-state index in [0.29, 0.717) is 18.6 Å². The van der Waals surface area contributed by atoms with Crippen molar-refractivity contribution in [2.24, 2.45) is 5.73 Å². The number of benzene rings is 1. The highest BCUT2D eigenvalue weighted by Gasteiger charge is 2.30. The summed E-state index contributed by atoms with van der Waals surface area (Å²) in [6.45, 7) is 3.38. The van der Waals surface area contributed by atoms with E-state index in [2.05, 4.69) is 57.7 Å². The molecule has 0 spiro atoms. The van der Waals surface area contributed by atoms with E-state index >= 15 is 0 Å². The fourth-order valence-electron chi connectivity index (χ4n) is 5.05. The van der Waals surface area contributed by atoms with Gasteiger partial charge >= 0.3 is 0 Å². The van der Waals surface area contributed by atoms with Gasteiger partial charge in [0.1, 0.15) is 0 Å². The first-order valence-electron chi connectivity index (χ1n) is 11.4. The quantitative estimate of drug-likeness (QED) is 0.647. The zero-order valence-electron chi connectivity index (χ0n) is 18.0. The predicted octanol–water partition coefficient (Wildman–Crippen LogP) is 3.53. The average Bonchev–Trinajstić information content (AvgIpc) is 2.83. The summed E-state index contributed by atoms with van der Waals surface area (Å²) in [4.78, 5) is 12.1. The molecule has 31 heavy (non-hydrogen) atoms. The van der Waals surface area contributed by atoms with Gasteiger partial charge in [-0.3, -0.25) is 14.9 Å². The van der Waals surface area contributed by atoms with E-state index in [1.807, 2.05) is 18.5 Å². The first-order chi connectivity index (χ1) is 15.3. The van der Waals surface area contributed by atoms with Crippen molar-refractivity contribution in [2.75, 3.05) is 6.54 Å². The molecule has 0 amide bonds. The number of nitrogens with zero attached hydrogens (tertiary/aromatic N) is 3. The van der Waals surface area contributed by atoms with Gasteiger partial charge < -0.3 is 11.1 Å². The molecule has 0 saturated carbocycles. The molecule has 160 valence electrons. The topological polar surface area (TPSA) is 67.1 Å². The van der Waals surface area contributed by atoms with E-state index in [4.69, 9.17) is 10.7 Å². The molecule has 1 aromatic carbocycles. The third kappa shape index (κ3) is 4.54. The lowest BCUT2D eigenvalue weighted by Gasteiger charge is -2.38. The molecule has 0 unspecified atom stereocenters. The zero-order chi connectivity index (χ0) is 21.0. The van der Waals surface area contributed by atoms with Gasteiger partial charge in [-0.25, -0.2) is 0 Å². The minimum absolute atomic E-state index is 0.353. The molecule has 1 aliphatic heterocycles. The van der Waals surface area contributed by atoms with Gasteiger partial charge in [-0.1, -0.05) is 36.4 Å². The lowest BCUT2D eigenvalue weighted by Crippen LogP contribution is -2.46. The number of pyridine rings is 2. The van der Waals surface area contributed by atoms with Crippen LogP contribution in [0.1, 0.15) is 52.5 Å². The van der Waals surface area contributed by atoms with Crippen LogP contribution in [-0.2, 0) is 32.5 Å². The molecular formula is C26H31N5. The van der Waals surface area contributed by atoms with Crippen LogP contribution < -0.4 is 11.1 Å². The van der Waals surface area contributed by atoms with Crippen LogP contribution in [0.2, 0.25) is 0 Å². The first-order valence-corrected chi connectivity index (χ1v) is 11.4. The number of nitrogens with one attached hydrogen (secondary N) is 1. The molecule has 0 fully saturated rings. The van der Waals surface area contributed by atoms with Gasteiger partial charge in [0, 0.05) is 56.7 Å². The molecular weight excluding hydrogens is 382 g/mol. The molecule has 2 aliphatic rings. The molecule has 3 aromatic rings. The zero-order valence-corrected chi connectivity index (χ0v) is 18.0. The molecule has 0 bridgehead atoms. The van der Waals surface area contributed by atoms with Crippen LogP contribution in [0.3, 0.4) is 0 Å². The average molecular weight is 414 g/mol. The predicted molar refractivity (Wildman–Crippen MR) is 123 cm³/mol. The number of nitrogens with two attached hydrogens (primary N) is 1. The molecule has 0 saturated heterocycles. The van der Waals surface area contributed by atoms with Crippen LogP contribution in [0, 0.1) is 0 Å². The van der Waals surface area contributed by atoms with E-state index in [1.165, 1.54) is 40.1 Å². The third-order valence-corrected chi connectivity index (χ3v) is 6.71. The fraction of sp³-hybridized carbons (Fsp3) is 0.385. The van der Waals surface area contributed by atoms with Crippen molar-refractivity contribution in [3.05, 3.63) is 94.6 Å². The van der Waals surface area contributed by atoms with Crippen LogP contribution in [0.4, 0.5) is 0 Å². The summed E-state index contributed by atoms with van der Waals surface area (Å²) in [6.07, 6.45) is 8.35. The van der Waals surface area contributed by atoms with Crippen molar-refractivity contribution in [3.8, 4) is 0 Å². The standard InChI is InChI=1S/C26H31N5/c27-15-19-8-10-20(11-9-19)17-31(25-7-1-4-21-5-2-13-29-26(21)25)18-23-14-24-22(16-30-23)6-3-12-28-24/h2-3,5-6,8-13,23,25,30H,1,4,7,14-18,27H2/t23-,25-/m0/s1. The Morgan fingerprint density at radius 3 is 2.58 bits per heavy atom. The van der Waals surface area contributed by atoms with Gasteiger partial charge in [-0.15, -0.1) is 0 Å². The lowest BCUT2D eigenvalue weighted by molar-refractivity contribution is 0.145. The van der Waals surface area contributed by atoms with Crippen molar-refractivity contribution in [1.82, 2.24) is 20.2 Å². The minimum Gasteiger partial charge on any atom is -0.326 e. The van der Waals surface area contributed by atoms with Crippen LogP contribution in [-0.4, -0.2) is 27.5 Å². The Balaban J connectivity index is 1.40. The number of hydrogen-bond acceptors (Lipinski definition) is 5. The van der Waals surface area contributed by atoms with Gasteiger partial charge in [0.15, 0.2) is 0 Å². The van der Waals surface area contributed by atoms with Gasteiger partial charge in [-0.05, 0) is 53.6 Å². The molecule has 2 atom stereocenters. The van der Waals surface area contributed by atoms with Crippen LogP contribution in [0.5, 0.6) is 0 Å². The molecule has 1 aliphatic carbocycles. The second-order valence-corrected chi connectivity index (χ2v) is 8.80. The summed E-state index contributed by atoms with van der Waals surface area (Å²) in [7, 11) is 0. The summed E-state index contributed by atoms with van der Waals surface area (Å²) in [5.74, 6) is 0. The highest BCUT2D eigenvalue weighted by atomic mass is 15.2. The van der Waals surface area contributed by atoms with Gasteiger partial charge in [0.25, 0.3) is 0 Å². The highest BCUT2D eigenvalue weighted by molar-refractivity contribution is 5.28. The maximum Gasteiger partial charge on any atom is 0.0607 e. The van der Waals surface area contributed by atoms with Gasteiger partial charge in [0.05, 0.1) is 11.7 Å². The number of fused-ring (bicyclic) bond motifs is 2. The maximum atomic E-state index is 5.80.